The van der Waals surface area contributed by atoms with E-state index in [1.165, 1.54) is 42.3 Å². The zero-order valence-corrected chi connectivity index (χ0v) is 12.6. The molecule has 21 heavy (non-hydrogen) atoms. The van der Waals surface area contributed by atoms with E-state index in [9.17, 15) is 4.79 Å². The number of aromatic nitrogens is 1. The Hall–Kier alpha value is -1.77. The van der Waals surface area contributed by atoms with Gasteiger partial charge in [0.25, 0.3) is 0 Å². The Bertz CT molecular complexity index is 638. The summed E-state index contributed by atoms with van der Waals surface area (Å²) in [5, 5.41) is 10.3. The van der Waals surface area contributed by atoms with Gasteiger partial charge in [-0.05, 0) is 36.3 Å². The van der Waals surface area contributed by atoms with Crippen LogP contribution in [-0.2, 0) is 11.3 Å². The van der Waals surface area contributed by atoms with E-state index in [1.54, 1.807) is 0 Å². The van der Waals surface area contributed by atoms with E-state index in [4.69, 9.17) is 5.11 Å². The van der Waals surface area contributed by atoms with E-state index in [1.807, 2.05) is 13.0 Å². The third kappa shape index (κ3) is 2.97. The highest BCUT2D eigenvalue weighted by Crippen LogP contribution is 2.32. The van der Waals surface area contributed by atoms with Gasteiger partial charge in [0.2, 0.25) is 0 Å². The Labute approximate surface area is 125 Å². The largest absolute Gasteiger partial charge is 0.481 e. The zero-order chi connectivity index (χ0) is 14.8. The molecular weight excluding hydrogens is 262 g/mol. The van der Waals surface area contributed by atoms with Crippen LogP contribution in [0.2, 0.25) is 0 Å². The Balaban J connectivity index is 1.98. The normalized spacial score (nSPS) is 17.4. The summed E-state index contributed by atoms with van der Waals surface area (Å²) >= 11 is 0. The predicted octanol–water partition coefficient (Wildman–Crippen LogP) is 4.41. The molecule has 3 rings (SSSR count). The van der Waals surface area contributed by atoms with Crippen LogP contribution >= 0.6 is 0 Å². The Morgan fingerprint density at radius 1 is 1.33 bits per heavy atom. The molecule has 0 aliphatic heterocycles. The van der Waals surface area contributed by atoms with Gasteiger partial charge in [0.05, 0.1) is 6.42 Å². The molecule has 1 aliphatic carbocycles. The van der Waals surface area contributed by atoms with E-state index in [0.29, 0.717) is 0 Å². The van der Waals surface area contributed by atoms with E-state index in [0.717, 1.165) is 12.5 Å². The molecule has 1 atom stereocenters. The van der Waals surface area contributed by atoms with Gasteiger partial charge in [-0.2, -0.15) is 0 Å². The summed E-state index contributed by atoms with van der Waals surface area (Å²) in [5.41, 5.74) is 2.42. The third-order valence-electron chi connectivity index (χ3n) is 4.74. The van der Waals surface area contributed by atoms with Crippen LogP contribution < -0.4 is 0 Å². The van der Waals surface area contributed by atoms with Crippen molar-refractivity contribution in [3.8, 4) is 0 Å². The fraction of sp³-hybridized carbons (Fsp3) is 0.500. The van der Waals surface area contributed by atoms with Crippen LogP contribution in [0.5, 0.6) is 0 Å². The second-order valence-electron chi connectivity index (χ2n) is 6.39. The highest BCUT2D eigenvalue weighted by molar-refractivity contribution is 5.81. The van der Waals surface area contributed by atoms with Crippen LogP contribution in [0.3, 0.4) is 0 Å². The molecule has 3 heteroatoms. The Morgan fingerprint density at radius 3 is 2.76 bits per heavy atom. The first-order chi connectivity index (χ1) is 10.1. The number of benzene rings is 1. The molecule has 1 aromatic heterocycles. The highest BCUT2D eigenvalue weighted by atomic mass is 16.4. The molecule has 0 bridgehead atoms. The number of hydrogen-bond acceptors (Lipinski definition) is 1. The molecule has 1 unspecified atom stereocenters. The van der Waals surface area contributed by atoms with Gasteiger partial charge in [-0.25, -0.2) is 0 Å². The minimum Gasteiger partial charge on any atom is -0.481 e. The van der Waals surface area contributed by atoms with Crippen molar-refractivity contribution in [2.75, 3.05) is 0 Å². The molecular formula is C18H23NO2. The summed E-state index contributed by atoms with van der Waals surface area (Å²) in [6, 6.07) is 10.6. The molecule has 0 amide bonds. The first kappa shape index (κ1) is 14.2. The fourth-order valence-corrected chi connectivity index (χ4v) is 3.66. The predicted molar refractivity (Wildman–Crippen MR) is 84.6 cm³/mol. The zero-order valence-electron chi connectivity index (χ0n) is 12.6. The maximum absolute atomic E-state index is 11.0. The van der Waals surface area contributed by atoms with E-state index in [-0.39, 0.29) is 12.3 Å². The van der Waals surface area contributed by atoms with Gasteiger partial charge in [-0.15, -0.1) is 0 Å². The van der Waals surface area contributed by atoms with Crippen molar-refractivity contribution in [2.24, 2.45) is 5.92 Å². The lowest BCUT2D eigenvalue weighted by Gasteiger charge is -2.18. The average Bonchev–Trinajstić information content (AvgIpc) is 3.07. The maximum atomic E-state index is 11.0. The Kier molecular flexibility index (Phi) is 4.00. The number of aliphatic carboxylic acids is 1. The van der Waals surface area contributed by atoms with Gasteiger partial charge in [0.1, 0.15) is 0 Å². The number of nitrogens with zero attached hydrogens (tertiary/aromatic N) is 1. The molecule has 1 aliphatic rings. The summed E-state index contributed by atoms with van der Waals surface area (Å²) in [4.78, 5) is 11.0. The van der Waals surface area contributed by atoms with Crippen molar-refractivity contribution in [2.45, 2.75) is 51.5 Å². The van der Waals surface area contributed by atoms with Crippen molar-refractivity contribution in [3.63, 3.8) is 0 Å². The SMILES string of the molecule is CC(CC(=O)O)c1cc2ccccc2n1CC1CCCC1. The molecule has 0 saturated heterocycles. The minimum atomic E-state index is -0.722. The van der Waals surface area contributed by atoms with E-state index in [2.05, 4.69) is 28.8 Å². The van der Waals surface area contributed by atoms with Crippen LogP contribution in [0.25, 0.3) is 10.9 Å². The lowest BCUT2D eigenvalue weighted by molar-refractivity contribution is -0.137. The molecule has 1 aromatic carbocycles. The molecule has 1 N–H and O–H groups in total. The quantitative estimate of drug-likeness (QED) is 0.884. The van der Waals surface area contributed by atoms with Gasteiger partial charge in [0, 0.05) is 23.7 Å². The van der Waals surface area contributed by atoms with Crippen LogP contribution in [-0.4, -0.2) is 15.6 Å². The van der Waals surface area contributed by atoms with Crippen LogP contribution in [0.4, 0.5) is 0 Å². The van der Waals surface area contributed by atoms with Crippen molar-refractivity contribution >= 4 is 16.9 Å². The number of carboxylic acids is 1. The van der Waals surface area contributed by atoms with Crippen molar-refractivity contribution in [1.82, 2.24) is 4.57 Å². The second-order valence-corrected chi connectivity index (χ2v) is 6.39. The number of hydrogen-bond donors (Lipinski definition) is 1. The standard InChI is InChI=1S/C18H23NO2/c1-13(10-18(20)21)17-11-15-8-4-5-9-16(15)19(17)12-14-6-2-3-7-14/h4-5,8-9,11,13-14H,2-3,6-7,10,12H2,1H3,(H,20,21). The van der Waals surface area contributed by atoms with E-state index >= 15 is 0 Å². The maximum Gasteiger partial charge on any atom is 0.304 e. The van der Waals surface area contributed by atoms with Gasteiger partial charge in [-0.3, -0.25) is 4.79 Å². The summed E-state index contributed by atoms with van der Waals surface area (Å²) in [6.07, 6.45) is 5.48. The van der Waals surface area contributed by atoms with Gasteiger partial charge < -0.3 is 9.67 Å². The molecule has 3 nitrogen and oxygen atoms in total. The van der Waals surface area contributed by atoms with Crippen molar-refractivity contribution in [1.29, 1.82) is 0 Å². The lowest BCUT2D eigenvalue weighted by Crippen LogP contribution is -2.13. The van der Waals surface area contributed by atoms with Crippen LogP contribution in [0.15, 0.2) is 30.3 Å². The van der Waals surface area contributed by atoms with Crippen LogP contribution in [0, 0.1) is 5.92 Å². The number of rotatable bonds is 5. The van der Waals surface area contributed by atoms with Gasteiger partial charge in [0.15, 0.2) is 0 Å². The molecule has 0 radical (unpaired) electrons. The number of carboxylic acid groups (broad SMARTS) is 1. The molecule has 0 spiro atoms. The van der Waals surface area contributed by atoms with E-state index < -0.39 is 5.97 Å². The summed E-state index contributed by atoms with van der Waals surface area (Å²) in [7, 11) is 0. The molecule has 2 aromatic rings. The minimum absolute atomic E-state index is 0.0521. The second kappa shape index (κ2) is 5.92. The first-order valence-electron chi connectivity index (χ1n) is 7.95. The monoisotopic (exact) mass is 285 g/mol. The smallest absolute Gasteiger partial charge is 0.304 e. The highest BCUT2D eigenvalue weighted by Gasteiger charge is 2.21. The van der Waals surface area contributed by atoms with Gasteiger partial charge >= 0.3 is 5.97 Å². The number of para-hydroxylation sites is 1. The van der Waals surface area contributed by atoms with Crippen molar-refractivity contribution in [3.05, 3.63) is 36.0 Å². The summed E-state index contributed by atoms with van der Waals surface area (Å²) in [5.74, 6) is 0.0769. The first-order valence-corrected chi connectivity index (χ1v) is 7.95. The Morgan fingerprint density at radius 2 is 2.05 bits per heavy atom. The van der Waals surface area contributed by atoms with Crippen LogP contribution in [0.1, 0.15) is 50.6 Å². The molecule has 1 fully saturated rings. The van der Waals surface area contributed by atoms with Gasteiger partial charge in [-0.1, -0.05) is 38.0 Å². The summed E-state index contributed by atoms with van der Waals surface area (Å²) < 4.78 is 2.37. The molecule has 1 heterocycles. The topological polar surface area (TPSA) is 42.2 Å². The molecule has 112 valence electrons. The third-order valence-corrected chi connectivity index (χ3v) is 4.74. The number of fused-ring (bicyclic) bond motifs is 1. The average molecular weight is 285 g/mol. The molecule has 1 saturated carbocycles. The number of carbonyl (C=O) groups is 1. The fourth-order valence-electron chi connectivity index (χ4n) is 3.66. The summed E-state index contributed by atoms with van der Waals surface area (Å²) in [6.45, 7) is 3.06. The lowest BCUT2D eigenvalue weighted by atomic mass is 10.0. The van der Waals surface area contributed by atoms with Crippen molar-refractivity contribution < 1.29 is 9.90 Å².